The fourth-order valence-corrected chi connectivity index (χ4v) is 3.48. The summed E-state index contributed by atoms with van der Waals surface area (Å²) in [6.07, 6.45) is 0.715. The standard InChI is InChI=1S/C22H17N5O4S.4C2H6.CH4O3S/c23-20-19-14(11-12-17(22(19)28)26-24-15-7-3-1-4-8-15)13-18(32-31-30-29)21(20)27-25-16-9-5-2-6-10-16;4*1-2;1-5(2,3)4/h1-13,28-29H,23H2;4*1-2H3;1H3,(H,2,3,4). The van der Waals surface area contributed by atoms with E-state index in [1.165, 1.54) is 0 Å². The first-order valence-electron chi connectivity index (χ1n) is 14.3. The van der Waals surface area contributed by atoms with Gasteiger partial charge in [-0.1, -0.05) is 103 Å². The zero-order valence-electron chi connectivity index (χ0n) is 27.2. The Bertz CT molecular complexity index is 1510. The number of rotatable bonds is 7. The van der Waals surface area contributed by atoms with Gasteiger partial charge >= 0.3 is 0 Å². The molecule has 0 bridgehead atoms. The molecule has 0 heterocycles. The molecule has 14 heteroatoms. The van der Waals surface area contributed by atoms with E-state index in [1.54, 1.807) is 42.5 Å². The van der Waals surface area contributed by atoms with E-state index < -0.39 is 10.1 Å². The number of azo groups is 2. The van der Waals surface area contributed by atoms with Gasteiger partial charge in [-0.2, -0.15) is 18.6 Å². The number of phenols is 1. The van der Waals surface area contributed by atoms with Gasteiger partial charge in [0.2, 0.25) is 0 Å². The highest BCUT2D eigenvalue weighted by atomic mass is 32.2. The molecule has 4 rings (SSSR count). The van der Waals surface area contributed by atoms with Gasteiger partial charge in [-0.25, -0.2) is 5.26 Å². The molecule has 248 valence electrons. The summed E-state index contributed by atoms with van der Waals surface area (Å²) in [6, 6.07) is 23.2. The van der Waals surface area contributed by atoms with Gasteiger partial charge in [0.25, 0.3) is 10.1 Å². The minimum absolute atomic E-state index is 0.147. The molecule has 4 aromatic rings. The van der Waals surface area contributed by atoms with Crippen LogP contribution in [0.4, 0.5) is 28.4 Å². The van der Waals surface area contributed by atoms with E-state index in [0.717, 1.165) is 0 Å². The summed E-state index contributed by atoms with van der Waals surface area (Å²) >= 11 is 0.699. The van der Waals surface area contributed by atoms with Crippen LogP contribution in [0, 0.1) is 0 Å². The average Bonchev–Trinajstić information content (AvgIpc) is 3.07. The molecule has 0 saturated heterocycles. The van der Waals surface area contributed by atoms with E-state index >= 15 is 0 Å². The van der Waals surface area contributed by atoms with Crippen LogP contribution < -0.4 is 5.73 Å². The molecule has 4 aromatic carbocycles. The van der Waals surface area contributed by atoms with Crippen LogP contribution in [-0.4, -0.2) is 29.6 Å². The Balaban J connectivity index is 0. The van der Waals surface area contributed by atoms with E-state index in [0.29, 0.717) is 45.3 Å². The van der Waals surface area contributed by atoms with Crippen LogP contribution in [0.3, 0.4) is 0 Å². The van der Waals surface area contributed by atoms with Crippen molar-refractivity contribution in [2.24, 2.45) is 20.5 Å². The van der Waals surface area contributed by atoms with Crippen LogP contribution in [0.15, 0.2) is 104 Å². The first kappa shape index (κ1) is 43.2. The zero-order valence-corrected chi connectivity index (χ0v) is 28.8. The molecule has 0 unspecified atom stereocenters. The van der Waals surface area contributed by atoms with Gasteiger partial charge in [0, 0.05) is 0 Å². The molecular formula is C31H45N5O7S2. The van der Waals surface area contributed by atoms with E-state index in [4.69, 9.17) is 15.5 Å². The van der Waals surface area contributed by atoms with E-state index in [2.05, 4.69) is 29.8 Å². The van der Waals surface area contributed by atoms with Gasteiger partial charge in [-0.3, -0.25) is 4.55 Å². The third-order valence-corrected chi connectivity index (χ3v) is 5.06. The van der Waals surface area contributed by atoms with Crippen molar-refractivity contribution in [3.05, 3.63) is 78.9 Å². The van der Waals surface area contributed by atoms with Crippen LogP contribution in [0.5, 0.6) is 5.75 Å². The second-order valence-electron chi connectivity index (χ2n) is 7.20. The third kappa shape index (κ3) is 16.7. The fraction of sp³-hybridized carbons (Fsp3) is 0.290. The van der Waals surface area contributed by atoms with Gasteiger partial charge in [0.1, 0.15) is 11.4 Å². The number of hydrogen-bond donors (Lipinski definition) is 4. The van der Waals surface area contributed by atoms with Crippen molar-refractivity contribution in [3.63, 3.8) is 0 Å². The number of nitrogens with two attached hydrogens (primary N) is 1. The van der Waals surface area contributed by atoms with Gasteiger partial charge in [-0.15, -0.1) is 14.6 Å². The summed E-state index contributed by atoms with van der Waals surface area (Å²) in [5.41, 5.74) is 8.26. The monoisotopic (exact) mass is 663 g/mol. The first-order chi connectivity index (χ1) is 21.7. The van der Waals surface area contributed by atoms with Crippen LogP contribution in [-0.2, 0) is 19.5 Å². The maximum absolute atomic E-state index is 10.9. The highest BCUT2D eigenvalue weighted by molar-refractivity contribution is 7.94. The molecule has 0 saturated carbocycles. The third-order valence-electron chi connectivity index (χ3n) is 4.44. The van der Waals surface area contributed by atoms with Crippen molar-refractivity contribution < 1.29 is 32.7 Å². The Kier molecular flexibility index (Phi) is 24.4. The van der Waals surface area contributed by atoms with Crippen molar-refractivity contribution in [1.82, 2.24) is 0 Å². The molecule has 0 aliphatic heterocycles. The second kappa shape index (κ2) is 25.4. The van der Waals surface area contributed by atoms with Crippen molar-refractivity contribution in [3.8, 4) is 5.75 Å². The van der Waals surface area contributed by atoms with E-state index in [1.807, 2.05) is 91.8 Å². The normalized spacial score (nSPS) is 10.1. The van der Waals surface area contributed by atoms with Crippen molar-refractivity contribution in [1.29, 1.82) is 0 Å². The number of hydrogen-bond acceptors (Lipinski definition) is 12. The second-order valence-corrected chi connectivity index (χ2v) is 9.41. The number of phenolic OH excluding ortho intramolecular Hbond substituents is 1. The lowest BCUT2D eigenvalue weighted by atomic mass is 10.1. The molecule has 0 amide bonds. The Hall–Kier alpha value is -3.92. The van der Waals surface area contributed by atoms with Gasteiger partial charge in [0.15, 0.2) is 5.75 Å². The van der Waals surface area contributed by atoms with Crippen LogP contribution in [0.1, 0.15) is 55.4 Å². The number of nitrogen functional groups attached to an aromatic ring is 1. The number of nitrogens with zero attached hydrogens (tertiary/aromatic N) is 4. The molecule has 5 N–H and O–H groups in total. The highest BCUT2D eigenvalue weighted by Crippen LogP contribution is 2.47. The number of benzene rings is 4. The number of fused-ring (bicyclic) bond motifs is 1. The molecule has 0 aliphatic carbocycles. The highest BCUT2D eigenvalue weighted by Gasteiger charge is 2.18. The van der Waals surface area contributed by atoms with E-state index in [9.17, 15) is 13.5 Å². The first-order valence-corrected chi connectivity index (χ1v) is 16.9. The molecule has 0 spiro atoms. The minimum Gasteiger partial charge on any atom is -0.505 e. The Morgan fingerprint density at radius 1 is 0.733 bits per heavy atom. The predicted molar refractivity (Wildman–Crippen MR) is 185 cm³/mol. The molecule has 0 aliphatic rings. The quantitative estimate of drug-likeness (QED) is 0.0372. The maximum atomic E-state index is 10.9. The molecule has 0 fully saturated rings. The lowest BCUT2D eigenvalue weighted by Gasteiger charge is -2.12. The molecule has 0 radical (unpaired) electrons. The lowest BCUT2D eigenvalue weighted by Crippen LogP contribution is -1.92. The summed E-state index contributed by atoms with van der Waals surface area (Å²) in [5.74, 6) is -0.147. The van der Waals surface area contributed by atoms with Gasteiger partial charge in [-0.05, 0) is 41.8 Å². The van der Waals surface area contributed by atoms with Crippen molar-refractivity contribution >= 4 is 61.4 Å². The minimum atomic E-state index is -3.67. The molecular weight excluding hydrogens is 619 g/mol. The van der Waals surface area contributed by atoms with Crippen molar-refractivity contribution in [2.45, 2.75) is 60.3 Å². The Morgan fingerprint density at radius 2 is 1.18 bits per heavy atom. The molecule has 12 nitrogen and oxygen atoms in total. The van der Waals surface area contributed by atoms with Gasteiger partial charge < -0.3 is 10.8 Å². The van der Waals surface area contributed by atoms with E-state index in [-0.39, 0.29) is 22.8 Å². The Morgan fingerprint density at radius 3 is 1.62 bits per heavy atom. The average molecular weight is 664 g/mol. The predicted octanol–water partition coefficient (Wildman–Crippen LogP) is 11.0. The summed E-state index contributed by atoms with van der Waals surface area (Å²) < 4.78 is 30.4. The SMILES string of the molecule is CC.CC.CC.CC.CS(=O)(=O)O.Nc1c(N=Nc2ccccc2)c(SOOO)cc2ccc(N=Nc3ccccc3)c(O)c12. The molecule has 0 atom stereocenters. The van der Waals surface area contributed by atoms with Crippen molar-refractivity contribution in [2.75, 3.05) is 12.0 Å². The van der Waals surface area contributed by atoms with Gasteiger partial charge in [0.05, 0.1) is 45.6 Å². The largest absolute Gasteiger partial charge is 0.505 e. The van der Waals surface area contributed by atoms with Crippen LogP contribution in [0.2, 0.25) is 0 Å². The topological polar surface area (TPSA) is 189 Å². The lowest BCUT2D eigenvalue weighted by molar-refractivity contribution is -0.432. The summed E-state index contributed by atoms with van der Waals surface area (Å²) in [4.78, 5) is 0.418. The summed E-state index contributed by atoms with van der Waals surface area (Å²) in [5, 5.41) is 40.8. The van der Waals surface area contributed by atoms with Crippen LogP contribution in [0.25, 0.3) is 10.8 Å². The summed E-state index contributed by atoms with van der Waals surface area (Å²) in [6.45, 7) is 16.0. The Labute approximate surface area is 270 Å². The molecule has 0 aromatic heterocycles. The summed E-state index contributed by atoms with van der Waals surface area (Å²) in [7, 11) is -3.67. The zero-order chi connectivity index (χ0) is 34.8. The fourth-order valence-electron chi connectivity index (χ4n) is 2.97. The van der Waals surface area contributed by atoms with Crippen LogP contribution >= 0.6 is 12.0 Å². The number of aromatic hydroxyl groups is 1. The maximum Gasteiger partial charge on any atom is 0.261 e. The number of anilines is 1. The smallest absolute Gasteiger partial charge is 0.261 e. The molecule has 45 heavy (non-hydrogen) atoms.